The smallest absolute Gasteiger partial charge is 0.399 e. The van der Waals surface area contributed by atoms with Gasteiger partial charge in [-0.25, -0.2) is 0 Å². The second kappa shape index (κ2) is 6.42. The van der Waals surface area contributed by atoms with Gasteiger partial charge in [0.25, 0.3) is 10.2 Å². The van der Waals surface area contributed by atoms with Crippen molar-refractivity contribution in [2.45, 2.75) is 19.6 Å². The molecule has 1 aromatic rings. The topological polar surface area (TPSA) is 75.4 Å². The Morgan fingerprint density at radius 3 is 2.25 bits per heavy atom. The molecule has 0 bridgehead atoms. The molecule has 0 aliphatic carbocycles. The van der Waals surface area contributed by atoms with Crippen molar-refractivity contribution < 1.29 is 21.6 Å². The summed E-state index contributed by atoms with van der Waals surface area (Å²) in [5.41, 5.74) is 6.66. The van der Waals surface area contributed by atoms with E-state index in [0.717, 1.165) is 4.31 Å². The quantitative estimate of drug-likeness (QED) is 0.782. The van der Waals surface area contributed by atoms with E-state index in [1.165, 1.54) is 4.72 Å². The summed E-state index contributed by atoms with van der Waals surface area (Å²) in [5, 5.41) is 0. The molecule has 5 nitrogen and oxygen atoms in total. The van der Waals surface area contributed by atoms with Crippen LogP contribution in [0.1, 0.15) is 12.5 Å². The first-order chi connectivity index (χ1) is 9.14. The van der Waals surface area contributed by atoms with Crippen molar-refractivity contribution >= 4 is 15.9 Å². The fraction of sp³-hybridized carbons (Fsp3) is 0.455. The molecule has 0 fully saturated rings. The lowest BCUT2D eigenvalue weighted by Crippen LogP contribution is -2.43. The number of rotatable bonds is 6. The van der Waals surface area contributed by atoms with Gasteiger partial charge >= 0.3 is 6.18 Å². The fourth-order valence-corrected chi connectivity index (χ4v) is 2.65. The average Bonchev–Trinajstić information content (AvgIpc) is 2.35. The lowest BCUT2D eigenvalue weighted by atomic mass is 10.2. The summed E-state index contributed by atoms with van der Waals surface area (Å²) in [7, 11) is -4.18. The molecule has 0 aromatic heterocycles. The van der Waals surface area contributed by atoms with Gasteiger partial charge in [-0.3, -0.25) is 0 Å². The number of halogens is 3. The molecule has 114 valence electrons. The van der Waals surface area contributed by atoms with Gasteiger partial charge in [0.15, 0.2) is 0 Å². The van der Waals surface area contributed by atoms with Crippen LogP contribution >= 0.6 is 0 Å². The Morgan fingerprint density at radius 1 is 1.25 bits per heavy atom. The van der Waals surface area contributed by atoms with Crippen molar-refractivity contribution in [3.8, 4) is 0 Å². The van der Waals surface area contributed by atoms with Gasteiger partial charge in [0.2, 0.25) is 0 Å². The van der Waals surface area contributed by atoms with Gasteiger partial charge in [0, 0.05) is 18.8 Å². The van der Waals surface area contributed by atoms with Crippen LogP contribution in [0.15, 0.2) is 24.3 Å². The molecule has 0 saturated carbocycles. The van der Waals surface area contributed by atoms with Crippen molar-refractivity contribution in [2.24, 2.45) is 0 Å². The molecule has 0 heterocycles. The Kier molecular flexibility index (Phi) is 5.37. The lowest BCUT2D eigenvalue weighted by Gasteiger charge is -2.21. The van der Waals surface area contributed by atoms with Crippen LogP contribution in [0.3, 0.4) is 0 Å². The zero-order chi connectivity index (χ0) is 15.4. The number of alkyl halides is 3. The number of nitrogens with one attached hydrogen (secondary N) is 1. The van der Waals surface area contributed by atoms with Crippen LogP contribution in [0.2, 0.25) is 0 Å². The van der Waals surface area contributed by atoms with Crippen molar-refractivity contribution in [1.82, 2.24) is 9.03 Å². The third kappa shape index (κ3) is 5.35. The highest BCUT2D eigenvalue weighted by molar-refractivity contribution is 7.87. The van der Waals surface area contributed by atoms with Crippen LogP contribution in [-0.4, -0.2) is 32.0 Å². The Labute approximate surface area is 115 Å². The maximum atomic E-state index is 12.1. The molecule has 20 heavy (non-hydrogen) atoms. The minimum Gasteiger partial charge on any atom is -0.399 e. The number of hydrogen-bond acceptors (Lipinski definition) is 3. The molecule has 0 aliphatic rings. The van der Waals surface area contributed by atoms with Crippen LogP contribution in [0.25, 0.3) is 0 Å². The number of benzene rings is 1. The van der Waals surface area contributed by atoms with Gasteiger partial charge in [0.05, 0.1) is 0 Å². The summed E-state index contributed by atoms with van der Waals surface area (Å²) in [5.74, 6) is 0. The van der Waals surface area contributed by atoms with Crippen molar-refractivity contribution in [2.75, 3.05) is 18.8 Å². The Bertz CT molecular complexity index is 529. The van der Waals surface area contributed by atoms with E-state index in [4.69, 9.17) is 5.73 Å². The summed E-state index contributed by atoms with van der Waals surface area (Å²) in [6.45, 7) is -0.0147. The van der Waals surface area contributed by atoms with Crippen LogP contribution in [0, 0.1) is 0 Å². The maximum Gasteiger partial charge on any atom is 0.402 e. The Morgan fingerprint density at radius 2 is 1.80 bits per heavy atom. The van der Waals surface area contributed by atoms with Gasteiger partial charge in [0.1, 0.15) is 6.54 Å². The zero-order valence-corrected chi connectivity index (χ0v) is 11.6. The molecule has 0 spiro atoms. The second-order valence-corrected chi connectivity index (χ2v) is 5.86. The fourth-order valence-electron chi connectivity index (χ4n) is 1.46. The second-order valence-electron chi connectivity index (χ2n) is 4.11. The van der Waals surface area contributed by atoms with E-state index >= 15 is 0 Å². The number of anilines is 1. The maximum absolute atomic E-state index is 12.1. The molecule has 0 aliphatic heterocycles. The molecule has 1 aromatic carbocycles. The number of hydrogen-bond donors (Lipinski definition) is 2. The molecule has 0 unspecified atom stereocenters. The molecule has 9 heteroatoms. The third-order valence-corrected chi connectivity index (χ3v) is 4.06. The van der Waals surface area contributed by atoms with Crippen molar-refractivity contribution in [1.29, 1.82) is 0 Å². The van der Waals surface area contributed by atoms with Gasteiger partial charge in [-0.1, -0.05) is 19.1 Å². The SMILES string of the molecule is CCN(Cc1ccc(N)cc1)S(=O)(=O)NCC(F)(F)F. The standard InChI is InChI=1S/C11H16F3N3O2S/c1-2-17(7-9-3-5-10(15)6-4-9)20(18,19)16-8-11(12,13)14/h3-6,16H,2,7-8,15H2,1H3. The molecule has 0 amide bonds. The summed E-state index contributed by atoms with van der Waals surface area (Å²) in [4.78, 5) is 0. The largest absolute Gasteiger partial charge is 0.402 e. The number of nitrogens with two attached hydrogens (primary N) is 1. The van der Waals surface area contributed by atoms with Gasteiger partial charge < -0.3 is 5.73 Å². The van der Waals surface area contributed by atoms with Crippen LogP contribution in [0.5, 0.6) is 0 Å². The number of nitrogen functional groups attached to an aromatic ring is 1. The first kappa shape index (κ1) is 16.7. The summed E-state index contributed by atoms with van der Waals surface area (Å²) in [6, 6.07) is 6.44. The van der Waals surface area contributed by atoms with Gasteiger partial charge in [-0.2, -0.15) is 30.6 Å². The minimum absolute atomic E-state index is 0.0238. The first-order valence-electron chi connectivity index (χ1n) is 5.80. The molecular formula is C11H16F3N3O2S. The van der Waals surface area contributed by atoms with Gasteiger partial charge in [-0.05, 0) is 17.7 Å². The van der Waals surface area contributed by atoms with Crippen molar-refractivity contribution in [3.63, 3.8) is 0 Å². The Hall–Kier alpha value is -1.32. The molecule has 0 radical (unpaired) electrons. The van der Waals surface area contributed by atoms with E-state index in [-0.39, 0.29) is 13.1 Å². The first-order valence-corrected chi connectivity index (χ1v) is 7.24. The van der Waals surface area contributed by atoms with Gasteiger partial charge in [-0.15, -0.1) is 0 Å². The van der Waals surface area contributed by atoms with E-state index < -0.39 is 22.9 Å². The van der Waals surface area contributed by atoms with Crippen LogP contribution < -0.4 is 10.5 Å². The lowest BCUT2D eigenvalue weighted by molar-refractivity contribution is -0.121. The van der Waals surface area contributed by atoms with E-state index in [2.05, 4.69) is 0 Å². The monoisotopic (exact) mass is 311 g/mol. The van der Waals surface area contributed by atoms with Crippen LogP contribution in [-0.2, 0) is 16.8 Å². The summed E-state index contributed by atoms with van der Waals surface area (Å²) in [6.07, 6.45) is -4.59. The highest BCUT2D eigenvalue weighted by Crippen LogP contribution is 2.15. The predicted molar refractivity (Wildman–Crippen MR) is 69.9 cm³/mol. The molecule has 1 rings (SSSR count). The summed E-state index contributed by atoms with van der Waals surface area (Å²) >= 11 is 0. The average molecular weight is 311 g/mol. The van der Waals surface area contributed by atoms with E-state index in [9.17, 15) is 21.6 Å². The molecular weight excluding hydrogens is 295 g/mol. The minimum atomic E-state index is -4.59. The third-order valence-electron chi connectivity index (χ3n) is 2.49. The molecule has 0 saturated heterocycles. The van der Waals surface area contributed by atoms with E-state index in [0.29, 0.717) is 11.3 Å². The Balaban J connectivity index is 2.76. The zero-order valence-electron chi connectivity index (χ0n) is 10.8. The molecule has 3 N–H and O–H groups in total. The van der Waals surface area contributed by atoms with Crippen LogP contribution in [0.4, 0.5) is 18.9 Å². The summed E-state index contributed by atoms with van der Waals surface area (Å²) < 4.78 is 62.2. The predicted octanol–water partition coefficient (Wildman–Crippen LogP) is 1.49. The van der Waals surface area contributed by atoms with E-state index in [1.807, 2.05) is 0 Å². The molecule has 0 atom stereocenters. The van der Waals surface area contributed by atoms with Crippen molar-refractivity contribution in [3.05, 3.63) is 29.8 Å². The normalized spacial score (nSPS) is 12.8. The highest BCUT2D eigenvalue weighted by atomic mass is 32.2. The number of nitrogens with zero attached hydrogens (tertiary/aromatic N) is 1. The highest BCUT2D eigenvalue weighted by Gasteiger charge is 2.31. The van der Waals surface area contributed by atoms with E-state index in [1.54, 1.807) is 31.2 Å².